The molecule has 0 bridgehead atoms. The summed E-state index contributed by atoms with van der Waals surface area (Å²) in [5.74, 6) is 0.779. The highest BCUT2D eigenvalue weighted by Gasteiger charge is 2.44. The number of halogens is 2. The van der Waals surface area contributed by atoms with Gasteiger partial charge >= 0.3 is 0 Å². The molecule has 6 heteroatoms. The number of benzene rings is 1. The fourth-order valence-electron chi connectivity index (χ4n) is 2.47. The Morgan fingerprint density at radius 3 is 2.90 bits per heavy atom. The summed E-state index contributed by atoms with van der Waals surface area (Å²) in [6, 6.07) is 11.6. The van der Waals surface area contributed by atoms with E-state index in [0.717, 1.165) is 15.8 Å². The SMILES string of the molecule is N#CC1(C(O)c2cc(Br)c(Cl)s2)COc2ccccc2C1. The third kappa shape index (κ3) is 2.58. The second kappa shape index (κ2) is 5.62. The Hall–Kier alpha value is -1.06. The van der Waals surface area contributed by atoms with Crippen molar-refractivity contribution in [2.24, 2.45) is 5.41 Å². The molecule has 2 atom stereocenters. The normalized spacial score (nSPS) is 22.0. The number of nitrogens with zero attached hydrogens (tertiary/aromatic N) is 1. The molecule has 0 radical (unpaired) electrons. The number of aliphatic hydroxyl groups excluding tert-OH is 1. The smallest absolute Gasteiger partial charge is 0.126 e. The van der Waals surface area contributed by atoms with Crippen molar-refractivity contribution >= 4 is 38.9 Å². The van der Waals surface area contributed by atoms with Gasteiger partial charge in [-0.2, -0.15) is 5.26 Å². The lowest BCUT2D eigenvalue weighted by atomic mass is 9.76. The van der Waals surface area contributed by atoms with Gasteiger partial charge in [0.2, 0.25) is 0 Å². The van der Waals surface area contributed by atoms with Crippen molar-refractivity contribution < 1.29 is 9.84 Å². The largest absolute Gasteiger partial charge is 0.492 e. The maximum atomic E-state index is 10.7. The zero-order valence-electron chi connectivity index (χ0n) is 10.8. The van der Waals surface area contributed by atoms with E-state index in [0.29, 0.717) is 15.6 Å². The van der Waals surface area contributed by atoms with Gasteiger partial charge in [-0.05, 0) is 33.6 Å². The molecule has 1 aliphatic rings. The maximum absolute atomic E-state index is 10.7. The molecular weight excluding hydrogens is 374 g/mol. The van der Waals surface area contributed by atoms with Crippen molar-refractivity contribution in [3.8, 4) is 11.8 Å². The van der Waals surface area contributed by atoms with Crippen molar-refractivity contribution in [3.63, 3.8) is 0 Å². The predicted octanol–water partition coefficient (Wildman–Crippen LogP) is 4.34. The molecule has 1 N–H and O–H groups in total. The number of nitriles is 1. The van der Waals surface area contributed by atoms with E-state index in [1.165, 1.54) is 11.3 Å². The van der Waals surface area contributed by atoms with Crippen molar-refractivity contribution in [2.75, 3.05) is 6.61 Å². The van der Waals surface area contributed by atoms with Gasteiger partial charge in [-0.15, -0.1) is 11.3 Å². The minimum Gasteiger partial charge on any atom is -0.492 e. The molecule has 3 nitrogen and oxygen atoms in total. The van der Waals surface area contributed by atoms with E-state index in [1.54, 1.807) is 6.07 Å². The highest BCUT2D eigenvalue weighted by atomic mass is 79.9. The fraction of sp³-hybridized carbons (Fsp3) is 0.267. The predicted molar refractivity (Wildman–Crippen MR) is 85.7 cm³/mol. The van der Waals surface area contributed by atoms with Gasteiger partial charge < -0.3 is 9.84 Å². The van der Waals surface area contributed by atoms with Crippen molar-refractivity contribution in [2.45, 2.75) is 12.5 Å². The van der Waals surface area contributed by atoms with Crippen molar-refractivity contribution in [1.82, 2.24) is 0 Å². The minimum atomic E-state index is -0.998. The van der Waals surface area contributed by atoms with Crippen LogP contribution in [0.2, 0.25) is 4.34 Å². The first-order valence-electron chi connectivity index (χ1n) is 6.30. The number of fused-ring (bicyclic) bond motifs is 1. The Kier molecular flexibility index (Phi) is 3.98. The van der Waals surface area contributed by atoms with E-state index in [4.69, 9.17) is 16.3 Å². The number of thiophene rings is 1. The lowest BCUT2D eigenvalue weighted by Gasteiger charge is -2.35. The molecule has 1 aliphatic heterocycles. The van der Waals surface area contributed by atoms with Crippen LogP contribution in [-0.4, -0.2) is 11.7 Å². The summed E-state index contributed by atoms with van der Waals surface area (Å²) in [5.41, 5.74) is -0.0619. The van der Waals surface area contributed by atoms with E-state index in [2.05, 4.69) is 22.0 Å². The zero-order valence-corrected chi connectivity index (χ0v) is 14.0. The highest BCUT2D eigenvalue weighted by molar-refractivity contribution is 9.10. The quantitative estimate of drug-likeness (QED) is 0.838. The number of hydrogen-bond acceptors (Lipinski definition) is 4. The Morgan fingerprint density at radius 1 is 1.48 bits per heavy atom. The van der Waals surface area contributed by atoms with Crippen LogP contribution in [0.25, 0.3) is 0 Å². The lowest BCUT2D eigenvalue weighted by Crippen LogP contribution is -2.38. The highest BCUT2D eigenvalue weighted by Crippen LogP contribution is 2.46. The van der Waals surface area contributed by atoms with Gasteiger partial charge in [-0.25, -0.2) is 0 Å². The monoisotopic (exact) mass is 383 g/mol. The first-order chi connectivity index (χ1) is 10.1. The summed E-state index contributed by atoms with van der Waals surface area (Å²) in [6.45, 7) is 0.162. The third-order valence-electron chi connectivity index (χ3n) is 3.64. The van der Waals surface area contributed by atoms with Gasteiger partial charge in [0, 0.05) is 15.8 Å². The summed E-state index contributed by atoms with van der Waals surface area (Å²) in [7, 11) is 0. The molecule has 0 saturated heterocycles. The Bertz CT molecular complexity index is 707. The molecule has 2 unspecified atom stereocenters. The number of aliphatic hydroxyl groups is 1. The molecule has 21 heavy (non-hydrogen) atoms. The second-order valence-electron chi connectivity index (χ2n) is 5.01. The van der Waals surface area contributed by atoms with Crippen LogP contribution in [0.3, 0.4) is 0 Å². The van der Waals surface area contributed by atoms with Crippen molar-refractivity contribution in [1.29, 1.82) is 5.26 Å². The van der Waals surface area contributed by atoms with Gasteiger partial charge in [-0.3, -0.25) is 0 Å². The summed E-state index contributed by atoms with van der Waals surface area (Å²) < 4.78 is 6.98. The minimum absolute atomic E-state index is 0.162. The topological polar surface area (TPSA) is 53.2 Å². The molecular formula is C15H11BrClNO2S. The Labute approximate surface area is 139 Å². The van der Waals surface area contributed by atoms with Crippen LogP contribution in [0.1, 0.15) is 16.5 Å². The molecule has 3 rings (SSSR count). The van der Waals surface area contributed by atoms with Crippen LogP contribution in [0.15, 0.2) is 34.8 Å². The van der Waals surface area contributed by atoms with Crippen molar-refractivity contribution in [3.05, 3.63) is 49.6 Å². The van der Waals surface area contributed by atoms with E-state index in [1.807, 2.05) is 24.3 Å². The number of rotatable bonds is 2. The van der Waals surface area contributed by atoms with E-state index in [-0.39, 0.29) is 6.61 Å². The van der Waals surface area contributed by atoms with Crippen LogP contribution >= 0.6 is 38.9 Å². The average Bonchev–Trinajstić information content (AvgIpc) is 2.85. The molecule has 0 fully saturated rings. The molecule has 2 heterocycles. The van der Waals surface area contributed by atoms with Gasteiger partial charge in [0.1, 0.15) is 28.2 Å². The van der Waals surface area contributed by atoms with E-state index < -0.39 is 11.5 Å². The van der Waals surface area contributed by atoms with Crippen LogP contribution < -0.4 is 4.74 Å². The third-order valence-corrected chi connectivity index (χ3v) is 6.17. The molecule has 0 spiro atoms. The van der Waals surface area contributed by atoms with Gasteiger partial charge in [0.25, 0.3) is 0 Å². The van der Waals surface area contributed by atoms with Crippen LogP contribution in [-0.2, 0) is 6.42 Å². The summed E-state index contributed by atoms with van der Waals surface area (Å²) in [6.07, 6.45) is -0.488. The zero-order chi connectivity index (χ0) is 15.0. The molecule has 1 aromatic carbocycles. The van der Waals surface area contributed by atoms with E-state index in [9.17, 15) is 10.4 Å². The standard InChI is InChI=1S/C15H11BrClNO2S/c16-10-5-12(21-14(10)17)13(19)15(7-18)6-9-3-1-2-4-11(9)20-8-15/h1-5,13,19H,6,8H2. The molecule has 0 saturated carbocycles. The Morgan fingerprint density at radius 2 is 2.24 bits per heavy atom. The van der Waals surface area contributed by atoms with Crippen LogP contribution in [0.5, 0.6) is 5.75 Å². The summed E-state index contributed by atoms with van der Waals surface area (Å²) in [4.78, 5) is 0.663. The molecule has 0 amide bonds. The molecule has 0 aliphatic carbocycles. The second-order valence-corrected chi connectivity index (χ2v) is 7.55. The fourth-order valence-corrected chi connectivity index (χ4v) is 4.31. The van der Waals surface area contributed by atoms with Crippen LogP contribution in [0.4, 0.5) is 0 Å². The number of ether oxygens (including phenoxy) is 1. The van der Waals surface area contributed by atoms with Crippen LogP contribution in [0, 0.1) is 16.7 Å². The molecule has 2 aromatic rings. The first kappa shape index (κ1) is 14.9. The lowest BCUT2D eigenvalue weighted by molar-refractivity contribution is 0.0194. The number of hydrogen-bond donors (Lipinski definition) is 1. The molecule has 1 aromatic heterocycles. The maximum Gasteiger partial charge on any atom is 0.126 e. The first-order valence-corrected chi connectivity index (χ1v) is 8.29. The summed E-state index contributed by atoms with van der Waals surface area (Å²) >= 11 is 10.6. The molecule has 108 valence electrons. The summed E-state index contributed by atoms with van der Waals surface area (Å²) in [5, 5.41) is 20.3. The van der Waals surface area contributed by atoms with Gasteiger partial charge in [0.15, 0.2) is 0 Å². The van der Waals surface area contributed by atoms with E-state index >= 15 is 0 Å². The van der Waals surface area contributed by atoms with Gasteiger partial charge in [0.05, 0.1) is 6.07 Å². The van der Waals surface area contributed by atoms with Gasteiger partial charge in [-0.1, -0.05) is 29.8 Å². The average molecular weight is 385 g/mol. The Balaban J connectivity index is 1.97. The number of para-hydroxylation sites is 1.